The minimum absolute atomic E-state index is 0.0146. The predicted molar refractivity (Wildman–Crippen MR) is 160 cm³/mol. The number of non-ortho nitro benzene ring substituents is 1. The molecule has 0 aliphatic rings. The molecule has 0 aliphatic carbocycles. The first-order valence-corrected chi connectivity index (χ1v) is 13.5. The number of carbonyl (C=O) groups excluding carboxylic acids is 2. The third-order valence-corrected chi connectivity index (χ3v) is 6.69. The second-order valence-electron chi connectivity index (χ2n) is 9.28. The monoisotopic (exact) mass is 608 g/mol. The molecule has 0 aliphatic heterocycles. The lowest BCUT2D eigenvalue weighted by Gasteiger charge is -2.21. The van der Waals surface area contributed by atoms with Crippen LogP contribution in [0.4, 0.5) is 5.69 Å². The number of hydrogen-bond donors (Lipinski definition) is 2. The molecule has 0 fully saturated rings. The Morgan fingerprint density at radius 3 is 2.50 bits per heavy atom. The summed E-state index contributed by atoms with van der Waals surface area (Å²) in [6.07, 6.45) is 0.549. The summed E-state index contributed by atoms with van der Waals surface area (Å²) >= 11 is 12.1. The van der Waals surface area contributed by atoms with Crippen LogP contribution in [0.5, 0.6) is 5.75 Å². The van der Waals surface area contributed by atoms with Crippen molar-refractivity contribution in [1.82, 2.24) is 10.7 Å². The summed E-state index contributed by atoms with van der Waals surface area (Å²) in [5.74, 6) is 0.0141. The van der Waals surface area contributed by atoms with E-state index in [0.29, 0.717) is 27.7 Å². The van der Waals surface area contributed by atoms with Crippen LogP contribution in [0.1, 0.15) is 23.8 Å². The number of benzene rings is 3. The van der Waals surface area contributed by atoms with E-state index in [-0.39, 0.29) is 22.9 Å². The van der Waals surface area contributed by atoms with Crippen molar-refractivity contribution in [2.75, 3.05) is 0 Å². The summed E-state index contributed by atoms with van der Waals surface area (Å²) in [6.45, 7) is 3.28. The standard InChI is InChI=1S/C30H26Cl2N4O6/c1-18-14-22(36(39)40)9-11-24(18)27-13-10-23(42-27)17-33-35-30(38)26(15-20-6-4-3-5-7-20)34-29(37)19(2)41-28-12-8-21(31)16-25(28)32/h3-14,16-17,19,26H,15H2,1-2H3,(H,34,37)(H,35,38)/b33-17-/t19-,26-/m1/s1. The lowest BCUT2D eigenvalue weighted by molar-refractivity contribution is -0.384. The fourth-order valence-corrected chi connectivity index (χ4v) is 4.46. The average Bonchev–Trinajstić information content (AvgIpc) is 3.43. The maximum Gasteiger partial charge on any atom is 0.269 e. The van der Waals surface area contributed by atoms with E-state index in [1.807, 2.05) is 30.3 Å². The van der Waals surface area contributed by atoms with Crippen molar-refractivity contribution >= 4 is 46.9 Å². The minimum Gasteiger partial charge on any atom is -0.479 e. The number of furan rings is 1. The molecule has 0 saturated carbocycles. The number of amides is 2. The summed E-state index contributed by atoms with van der Waals surface area (Å²) in [5, 5.41) is 18.4. The number of nitro groups is 1. The molecule has 1 heterocycles. The maximum atomic E-state index is 13.1. The summed E-state index contributed by atoms with van der Waals surface area (Å²) < 4.78 is 11.5. The fourth-order valence-electron chi connectivity index (χ4n) is 4.01. The van der Waals surface area contributed by atoms with E-state index >= 15 is 0 Å². The van der Waals surface area contributed by atoms with Crippen LogP contribution in [0, 0.1) is 17.0 Å². The van der Waals surface area contributed by atoms with Gasteiger partial charge in [-0.3, -0.25) is 19.7 Å². The highest BCUT2D eigenvalue weighted by atomic mass is 35.5. The number of rotatable bonds is 11. The Bertz CT molecular complexity index is 1620. The number of halogens is 2. The van der Waals surface area contributed by atoms with Gasteiger partial charge in [-0.05, 0) is 61.4 Å². The topological polar surface area (TPSA) is 136 Å². The molecular formula is C30H26Cl2N4O6. The molecule has 2 amide bonds. The van der Waals surface area contributed by atoms with Gasteiger partial charge in [0, 0.05) is 29.1 Å². The van der Waals surface area contributed by atoms with E-state index < -0.39 is 28.9 Å². The molecule has 42 heavy (non-hydrogen) atoms. The molecule has 3 aromatic carbocycles. The van der Waals surface area contributed by atoms with E-state index in [4.69, 9.17) is 32.4 Å². The van der Waals surface area contributed by atoms with E-state index in [1.54, 1.807) is 37.3 Å². The Kier molecular flexibility index (Phi) is 9.95. The van der Waals surface area contributed by atoms with Crippen molar-refractivity contribution < 1.29 is 23.7 Å². The first-order valence-electron chi connectivity index (χ1n) is 12.7. The molecule has 0 spiro atoms. The number of carbonyl (C=O) groups is 2. The number of nitro benzene ring substituents is 1. The van der Waals surface area contributed by atoms with Crippen LogP contribution in [0.3, 0.4) is 0 Å². The highest BCUT2D eigenvalue weighted by Gasteiger charge is 2.25. The zero-order valence-electron chi connectivity index (χ0n) is 22.5. The molecule has 2 atom stereocenters. The molecule has 0 bridgehead atoms. The quantitative estimate of drug-likeness (QED) is 0.120. The molecule has 1 aromatic heterocycles. The Hall–Kier alpha value is -4.67. The highest BCUT2D eigenvalue weighted by Crippen LogP contribution is 2.29. The molecule has 0 saturated heterocycles. The van der Waals surface area contributed by atoms with Gasteiger partial charge in [-0.1, -0.05) is 53.5 Å². The molecule has 4 aromatic rings. The first-order chi connectivity index (χ1) is 20.1. The van der Waals surface area contributed by atoms with E-state index in [2.05, 4.69) is 15.8 Å². The van der Waals surface area contributed by atoms with Gasteiger partial charge in [0.05, 0.1) is 16.2 Å². The number of aryl methyl sites for hydroxylation is 1. The van der Waals surface area contributed by atoms with Crippen molar-refractivity contribution in [1.29, 1.82) is 0 Å². The van der Waals surface area contributed by atoms with Gasteiger partial charge in [-0.25, -0.2) is 5.43 Å². The number of hydrogen-bond acceptors (Lipinski definition) is 7. The summed E-state index contributed by atoms with van der Waals surface area (Å²) in [7, 11) is 0. The number of nitrogens with zero attached hydrogens (tertiary/aromatic N) is 2. The van der Waals surface area contributed by atoms with E-state index in [1.165, 1.54) is 31.3 Å². The van der Waals surface area contributed by atoms with Gasteiger partial charge in [0.1, 0.15) is 23.3 Å². The predicted octanol–water partition coefficient (Wildman–Crippen LogP) is 6.12. The van der Waals surface area contributed by atoms with Gasteiger partial charge < -0.3 is 14.5 Å². The maximum absolute atomic E-state index is 13.1. The van der Waals surface area contributed by atoms with E-state index in [0.717, 1.165) is 5.56 Å². The van der Waals surface area contributed by atoms with Gasteiger partial charge in [-0.2, -0.15) is 5.10 Å². The Morgan fingerprint density at radius 2 is 1.81 bits per heavy atom. The second-order valence-corrected chi connectivity index (χ2v) is 10.1. The molecule has 12 heteroatoms. The van der Waals surface area contributed by atoms with Crippen molar-refractivity contribution in [3.05, 3.63) is 116 Å². The number of nitrogens with one attached hydrogen (secondary N) is 2. The molecule has 216 valence electrons. The normalized spacial score (nSPS) is 12.5. The largest absolute Gasteiger partial charge is 0.479 e. The summed E-state index contributed by atoms with van der Waals surface area (Å²) in [6, 6.07) is 20.7. The number of ether oxygens (including phenoxy) is 1. The SMILES string of the molecule is Cc1cc([N+](=O)[O-])ccc1-c1ccc(/C=N\NC(=O)[C@@H](Cc2ccccc2)NC(=O)[C@@H](C)Oc2ccc(Cl)cc2Cl)o1. The lowest BCUT2D eigenvalue weighted by Crippen LogP contribution is -2.50. The van der Waals surface area contributed by atoms with Gasteiger partial charge in [0.25, 0.3) is 17.5 Å². The first kappa shape index (κ1) is 30.3. The Morgan fingerprint density at radius 1 is 1.05 bits per heavy atom. The smallest absolute Gasteiger partial charge is 0.269 e. The molecular weight excluding hydrogens is 583 g/mol. The van der Waals surface area contributed by atoms with Crippen LogP contribution in [0.2, 0.25) is 10.0 Å². The molecule has 4 rings (SSSR count). The van der Waals surface area contributed by atoms with Gasteiger partial charge in [0.2, 0.25) is 0 Å². The lowest BCUT2D eigenvalue weighted by atomic mass is 10.1. The van der Waals surface area contributed by atoms with Crippen LogP contribution < -0.4 is 15.5 Å². The van der Waals surface area contributed by atoms with Crippen molar-refractivity contribution in [3.63, 3.8) is 0 Å². The molecule has 0 unspecified atom stereocenters. The van der Waals surface area contributed by atoms with Gasteiger partial charge in [-0.15, -0.1) is 0 Å². The third-order valence-electron chi connectivity index (χ3n) is 6.16. The summed E-state index contributed by atoms with van der Waals surface area (Å²) in [4.78, 5) is 36.6. The molecule has 0 radical (unpaired) electrons. The Labute approximate surface area is 251 Å². The second kappa shape index (κ2) is 13.8. The van der Waals surface area contributed by atoms with Crippen LogP contribution in [-0.2, 0) is 16.0 Å². The number of hydrazone groups is 1. The van der Waals surface area contributed by atoms with Gasteiger partial charge >= 0.3 is 0 Å². The third kappa shape index (κ3) is 7.96. The summed E-state index contributed by atoms with van der Waals surface area (Å²) in [5.41, 5.74) is 4.61. The zero-order chi connectivity index (χ0) is 30.2. The van der Waals surface area contributed by atoms with Crippen molar-refractivity contribution in [2.24, 2.45) is 5.10 Å². The average molecular weight is 609 g/mol. The van der Waals surface area contributed by atoms with Crippen LogP contribution in [0.25, 0.3) is 11.3 Å². The van der Waals surface area contributed by atoms with Crippen molar-refractivity contribution in [3.8, 4) is 17.1 Å². The highest BCUT2D eigenvalue weighted by molar-refractivity contribution is 6.35. The molecule has 10 nitrogen and oxygen atoms in total. The van der Waals surface area contributed by atoms with Crippen LogP contribution in [-0.4, -0.2) is 35.1 Å². The Balaban J connectivity index is 1.43. The van der Waals surface area contributed by atoms with Crippen molar-refractivity contribution in [2.45, 2.75) is 32.4 Å². The fraction of sp³-hybridized carbons (Fsp3) is 0.167. The van der Waals surface area contributed by atoms with Crippen LogP contribution in [0.15, 0.2) is 88.4 Å². The zero-order valence-corrected chi connectivity index (χ0v) is 24.1. The van der Waals surface area contributed by atoms with Crippen LogP contribution >= 0.6 is 23.2 Å². The minimum atomic E-state index is -0.973. The molecule has 2 N–H and O–H groups in total. The van der Waals surface area contributed by atoms with Gasteiger partial charge in [0.15, 0.2) is 6.10 Å². The van der Waals surface area contributed by atoms with E-state index in [9.17, 15) is 19.7 Å².